The van der Waals surface area contributed by atoms with Gasteiger partial charge < -0.3 is 116 Å². The molecule has 0 rings (SSSR count). The van der Waals surface area contributed by atoms with E-state index in [0.29, 0.717) is 19.3 Å². The molecule has 35 nitrogen and oxygen atoms in total. The van der Waals surface area contributed by atoms with Crippen LogP contribution in [0.3, 0.4) is 0 Å². The highest BCUT2D eigenvalue weighted by Gasteiger charge is 2.35. The fraction of sp³-hybridized carbons (Fsp3) is 0.725. The van der Waals surface area contributed by atoms with Gasteiger partial charge in [-0.25, -0.2) is 0 Å². The molecule has 10 atom stereocenters. The minimum atomic E-state index is -1.53. The lowest BCUT2D eigenvalue weighted by atomic mass is 10.0. The first-order valence-corrected chi connectivity index (χ1v) is 28.7. The van der Waals surface area contributed by atoms with Gasteiger partial charge in [-0.05, 0) is 129 Å². The number of guanidine groups is 4. The summed E-state index contributed by atoms with van der Waals surface area (Å²) in [7, 11) is 0. The summed E-state index contributed by atoms with van der Waals surface area (Å²) in [6.45, 7) is 8.02. The van der Waals surface area contributed by atoms with Crippen molar-refractivity contribution in [2.75, 3.05) is 39.3 Å². The number of unbranched alkanes of at least 4 members (excludes halogenated alkanes) is 2. The molecular weight excluding hydrogens is 1120 g/mol. The van der Waals surface area contributed by atoms with Gasteiger partial charge in [-0.1, -0.05) is 13.8 Å². The Morgan fingerprint density at radius 3 is 0.872 bits per heavy atom. The number of aliphatic hydroxyl groups excluding tert-OH is 1. The van der Waals surface area contributed by atoms with Crippen molar-refractivity contribution in [1.82, 2.24) is 47.9 Å². The molecular formula is C51H100N24O11. The molecule has 490 valence electrons. The van der Waals surface area contributed by atoms with Gasteiger partial charge in [0.15, 0.2) is 23.8 Å². The summed E-state index contributed by atoms with van der Waals surface area (Å²) in [5.41, 5.74) is 61.2. The van der Waals surface area contributed by atoms with E-state index in [9.17, 15) is 53.1 Å². The zero-order valence-corrected chi connectivity index (χ0v) is 50.4. The van der Waals surface area contributed by atoms with Crippen molar-refractivity contribution in [3.8, 4) is 0 Å². The average molecular weight is 1230 g/mol. The van der Waals surface area contributed by atoms with Gasteiger partial charge in [-0.15, -0.1) is 0 Å². The van der Waals surface area contributed by atoms with Crippen LogP contribution in [0.25, 0.3) is 0 Å². The summed E-state index contributed by atoms with van der Waals surface area (Å²) in [6.07, 6.45) is 0.232. The van der Waals surface area contributed by atoms with Crippen molar-refractivity contribution in [3.63, 3.8) is 0 Å². The topological polar surface area (TPSA) is 635 Å². The Morgan fingerprint density at radius 2 is 0.628 bits per heavy atom. The zero-order valence-electron chi connectivity index (χ0n) is 50.4. The van der Waals surface area contributed by atoms with Crippen LogP contribution in [0.1, 0.15) is 131 Å². The number of carbonyl (C=O) groups excluding carboxylic acids is 10. The number of nitrogens with zero attached hydrogens (tertiary/aromatic N) is 4. The van der Waals surface area contributed by atoms with Gasteiger partial charge >= 0.3 is 0 Å². The highest BCUT2D eigenvalue weighted by molar-refractivity contribution is 5.98. The maximum Gasteiger partial charge on any atom is 0.243 e. The number of aliphatic hydroxyl groups is 1. The van der Waals surface area contributed by atoms with E-state index in [1.54, 1.807) is 0 Å². The van der Waals surface area contributed by atoms with E-state index in [4.69, 9.17) is 63.1 Å². The van der Waals surface area contributed by atoms with E-state index >= 15 is 0 Å². The lowest BCUT2D eigenvalue weighted by Gasteiger charge is -2.28. The van der Waals surface area contributed by atoms with Crippen LogP contribution in [0.2, 0.25) is 0 Å². The Morgan fingerprint density at radius 1 is 0.360 bits per heavy atom. The average Bonchev–Trinajstić information content (AvgIpc) is 3.27. The lowest BCUT2D eigenvalue weighted by molar-refractivity contribution is -0.136. The van der Waals surface area contributed by atoms with Gasteiger partial charge in [0.05, 0.1) is 6.10 Å². The molecule has 0 saturated heterocycles. The van der Waals surface area contributed by atoms with Crippen LogP contribution in [0, 0.1) is 5.92 Å². The van der Waals surface area contributed by atoms with Crippen LogP contribution in [-0.2, 0) is 47.9 Å². The maximum absolute atomic E-state index is 14.6. The highest BCUT2D eigenvalue weighted by atomic mass is 16.3. The van der Waals surface area contributed by atoms with Gasteiger partial charge in [0, 0.05) is 33.1 Å². The third-order valence-electron chi connectivity index (χ3n) is 12.7. The number of primary amides is 1. The molecule has 0 aromatic heterocycles. The standard InChI is InChI=1S/C51H100N24O11/c1-27(2)26-37(68-30(5)77)47(86)67-28(3)40(79)69-33(16-10-22-63-48(55)56)43(82)72-35(18-12-24-65-50(59)60)45(84)73-34(17-11-23-64-49(57)58)44(83)71-31(14-6-8-20-52)41(80)70-32(15-7-9-21-53)42(81)74-36(19-13-25-66-51(61)62)46(85)75-38(29(4)76)39(54)78/h27-29,31-38,76H,6-26,52-53H2,1-5H3,(H2,54,78)(H,67,86)(H,68,77)(H,69,79)(H,70,80)(H,71,83)(H,72,82)(H,73,84)(H,74,81)(H,75,85)(H4,55,56,63)(H4,57,58,64)(H4,59,60,65)(H4,61,62,66)/t28-,29+,31-,32-,33-,34-,35-,36-,37-,38-/m0/s1. The second-order valence-corrected chi connectivity index (χ2v) is 21.0. The normalized spacial score (nSPS) is 14.4. The summed E-state index contributed by atoms with van der Waals surface area (Å²) in [6, 6.07) is -12.1. The molecule has 0 aliphatic rings. The molecule has 10 amide bonds. The van der Waals surface area contributed by atoms with E-state index in [-0.39, 0.29) is 146 Å². The molecule has 0 spiro atoms. The van der Waals surface area contributed by atoms with E-state index in [2.05, 4.69) is 67.8 Å². The number of amides is 10. The first kappa shape index (κ1) is 77.7. The van der Waals surface area contributed by atoms with Crippen molar-refractivity contribution in [1.29, 1.82) is 0 Å². The van der Waals surface area contributed by atoms with Crippen molar-refractivity contribution in [3.05, 3.63) is 0 Å². The van der Waals surface area contributed by atoms with Gasteiger partial charge in [0.1, 0.15) is 54.4 Å². The molecule has 0 aromatic rings. The van der Waals surface area contributed by atoms with Crippen molar-refractivity contribution < 1.29 is 53.1 Å². The Labute approximate surface area is 502 Å². The predicted octanol–water partition coefficient (Wildman–Crippen LogP) is -8.23. The highest BCUT2D eigenvalue weighted by Crippen LogP contribution is 2.12. The number of carbonyl (C=O) groups is 10. The SMILES string of the molecule is CC(=O)N[C@@H](CC(C)C)C(=O)N[C@@H](C)C(=O)N[C@@H](CCCN=C(N)N)C(=O)N[C@@H](CCCN=C(N)N)C(=O)N[C@@H](CCCN=C(N)N)C(=O)N[C@@H](CCCCN)C(=O)N[C@@H](CCCCN)C(=O)N[C@@H](CCCN=C(N)N)C(=O)N[C@H](C(N)=O)[C@@H](C)O. The molecule has 0 aliphatic carbocycles. The lowest BCUT2D eigenvalue weighted by Crippen LogP contribution is -2.60. The van der Waals surface area contributed by atoms with E-state index < -0.39 is 120 Å². The minimum absolute atomic E-state index is 0.00649. The monoisotopic (exact) mass is 1220 g/mol. The molecule has 0 fully saturated rings. The second kappa shape index (κ2) is 43.3. The van der Waals surface area contributed by atoms with Gasteiger partial charge in [0.25, 0.3) is 0 Å². The number of nitrogens with one attached hydrogen (secondary N) is 9. The second-order valence-electron chi connectivity index (χ2n) is 21.0. The molecule has 0 heterocycles. The Bertz CT molecular complexity index is 2290. The largest absolute Gasteiger partial charge is 0.391 e. The number of nitrogens with two attached hydrogens (primary N) is 11. The third kappa shape index (κ3) is 35.1. The third-order valence-corrected chi connectivity index (χ3v) is 12.7. The molecule has 32 N–H and O–H groups in total. The molecule has 86 heavy (non-hydrogen) atoms. The van der Waals surface area contributed by atoms with Crippen LogP contribution in [0.15, 0.2) is 20.0 Å². The summed E-state index contributed by atoms with van der Waals surface area (Å²) >= 11 is 0. The number of hydrogen-bond acceptors (Lipinski definition) is 17. The molecule has 35 heteroatoms. The fourth-order valence-electron chi connectivity index (χ4n) is 8.28. The number of aliphatic imine (C=N–C) groups is 4. The molecule has 0 aliphatic heterocycles. The first-order valence-electron chi connectivity index (χ1n) is 28.7. The number of hydrogen-bond donors (Lipinski definition) is 21. The van der Waals surface area contributed by atoms with Crippen molar-refractivity contribution in [2.45, 2.75) is 191 Å². The summed E-state index contributed by atoms with van der Waals surface area (Å²) in [4.78, 5) is 152. The Balaban J connectivity index is 7.30. The van der Waals surface area contributed by atoms with E-state index in [1.165, 1.54) is 20.8 Å². The first-order chi connectivity index (χ1) is 40.4. The number of rotatable bonds is 45. The fourth-order valence-corrected chi connectivity index (χ4v) is 8.28. The maximum atomic E-state index is 14.6. The van der Waals surface area contributed by atoms with Crippen LogP contribution >= 0.6 is 0 Å². The summed E-state index contributed by atoms with van der Waals surface area (Å²) < 4.78 is 0. The zero-order chi connectivity index (χ0) is 65.5. The summed E-state index contributed by atoms with van der Waals surface area (Å²) in [5.74, 6) is -9.22. The Hall–Kier alpha value is -8.34. The van der Waals surface area contributed by atoms with Crippen molar-refractivity contribution in [2.24, 2.45) is 89.0 Å². The molecule has 0 saturated carbocycles. The quantitative estimate of drug-likeness (QED) is 0.0153. The van der Waals surface area contributed by atoms with Gasteiger partial charge in [0.2, 0.25) is 59.1 Å². The van der Waals surface area contributed by atoms with Gasteiger partial charge in [-0.2, -0.15) is 0 Å². The molecule has 0 radical (unpaired) electrons. The molecule has 0 bridgehead atoms. The summed E-state index contributed by atoms with van der Waals surface area (Å²) in [5, 5.41) is 33.5. The van der Waals surface area contributed by atoms with Crippen LogP contribution in [-0.4, -0.2) is 188 Å². The van der Waals surface area contributed by atoms with Crippen LogP contribution in [0.4, 0.5) is 0 Å². The van der Waals surface area contributed by atoms with E-state index in [0.717, 1.165) is 0 Å². The van der Waals surface area contributed by atoms with E-state index in [1.807, 2.05) is 13.8 Å². The van der Waals surface area contributed by atoms with Crippen LogP contribution < -0.4 is 111 Å². The molecule has 0 unspecified atom stereocenters. The smallest absolute Gasteiger partial charge is 0.243 e. The Kier molecular flexibility index (Phi) is 39.1. The van der Waals surface area contributed by atoms with Crippen molar-refractivity contribution >= 4 is 82.9 Å². The van der Waals surface area contributed by atoms with Gasteiger partial charge in [-0.3, -0.25) is 67.9 Å². The minimum Gasteiger partial charge on any atom is -0.391 e. The van der Waals surface area contributed by atoms with Crippen LogP contribution in [0.5, 0.6) is 0 Å². The predicted molar refractivity (Wildman–Crippen MR) is 325 cm³/mol. The molecule has 0 aromatic carbocycles.